The Hall–Kier alpha value is -1.57. The Kier molecular flexibility index (Phi) is 5.44. The number of rotatable bonds is 4. The van der Waals surface area contributed by atoms with Crippen LogP contribution in [0.3, 0.4) is 0 Å². The number of hydrogen-bond donors (Lipinski definition) is 0. The summed E-state index contributed by atoms with van der Waals surface area (Å²) < 4.78 is 11.1. The fourth-order valence-corrected chi connectivity index (χ4v) is 6.17. The molecule has 0 radical (unpaired) electrons. The summed E-state index contributed by atoms with van der Waals surface area (Å²) in [5.74, 6) is 3.10. The highest BCUT2D eigenvalue weighted by Crippen LogP contribution is 2.40. The van der Waals surface area contributed by atoms with Crippen LogP contribution in [0.1, 0.15) is 33.5 Å². The maximum absolute atomic E-state index is 6.62. The maximum atomic E-state index is 6.62. The van der Waals surface area contributed by atoms with Gasteiger partial charge in [0.1, 0.15) is 5.82 Å². The Bertz CT molecular complexity index is 1070. The second-order valence-electron chi connectivity index (χ2n) is 10.3. The van der Waals surface area contributed by atoms with Crippen molar-refractivity contribution < 1.29 is 4.43 Å². The zero-order valence-corrected chi connectivity index (χ0v) is 21.1. The lowest BCUT2D eigenvalue weighted by atomic mass is 10.1. The molecular weight excluding hydrogens is 408 g/mol. The van der Waals surface area contributed by atoms with Crippen LogP contribution in [0, 0.1) is 0 Å². The molecule has 1 unspecified atom stereocenters. The third-order valence-corrected chi connectivity index (χ3v) is 12.7. The largest absolute Gasteiger partial charge is 0.415 e. The molecule has 0 aliphatic carbocycles. The van der Waals surface area contributed by atoms with Crippen LogP contribution in [0.2, 0.25) is 18.1 Å². The molecule has 4 rings (SSSR count). The number of hydrogen-bond acceptors (Lipinski definition) is 4. The molecule has 1 aliphatic heterocycles. The lowest BCUT2D eigenvalue weighted by Gasteiger charge is -2.39. The van der Waals surface area contributed by atoms with Gasteiger partial charge < -0.3 is 13.6 Å². The lowest BCUT2D eigenvalue weighted by Crippen LogP contribution is -2.45. The molecular formula is C23H34N4OSSi. The zero-order valence-electron chi connectivity index (χ0n) is 19.3. The molecule has 2 aromatic heterocycles. The predicted octanol–water partition coefficient (Wildman–Crippen LogP) is 5.51. The standard InChI is InChI=1S/C23H34N4OSSi/c1-22(2,3)30(6,7)28-16-23(4)15-20-24-25-21(27(20)13-14-29-23)18-9-8-10-19-17(18)11-12-26(19)5/h8-12H,13-16H2,1-7H3. The highest BCUT2D eigenvalue weighted by molar-refractivity contribution is 8.00. The number of thioether (sulfide) groups is 1. The molecule has 1 aromatic carbocycles. The van der Waals surface area contributed by atoms with Crippen LogP contribution in [0.25, 0.3) is 22.3 Å². The topological polar surface area (TPSA) is 44.9 Å². The van der Waals surface area contributed by atoms with Crippen molar-refractivity contribution in [2.24, 2.45) is 7.05 Å². The van der Waals surface area contributed by atoms with Gasteiger partial charge in [-0.2, -0.15) is 11.8 Å². The third-order valence-electron chi connectivity index (χ3n) is 6.84. The summed E-state index contributed by atoms with van der Waals surface area (Å²) in [4.78, 5) is 0. The summed E-state index contributed by atoms with van der Waals surface area (Å²) in [6.45, 7) is 15.6. The van der Waals surface area contributed by atoms with Gasteiger partial charge in [0.25, 0.3) is 0 Å². The number of nitrogens with zero attached hydrogens (tertiary/aromatic N) is 4. The van der Waals surface area contributed by atoms with Crippen molar-refractivity contribution in [3.63, 3.8) is 0 Å². The number of aryl methyl sites for hydroxylation is 1. The van der Waals surface area contributed by atoms with Crippen LogP contribution >= 0.6 is 11.8 Å². The Morgan fingerprint density at radius 1 is 1.20 bits per heavy atom. The first-order valence-corrected chi connectivity index (χ1v) is 14.6. The fraction of sp³-hybridized carbons (Fsp3) is 0.565. The Morgan fingerprint density at radius 3 is 2.70 bits per heavy atom. The predicted molar refractivity (Wildman–Crippen MR) is 130 cm³/mol. The summed E-state index contributed by atoms with van der Waals surface area (Å²) in [7, 11) is 0.306. The molecule has 0 amide bonds. The monoisotopic (exact) mass is 442 g/mol. The Labute approximate surface area is 185 Å². The molecule has 162 valence electrons. The van der Waals surface area contributed by atoms with E-state index in [4.69, 9.17) is 4.43 Å². The minimum atomic E-state index is -1.78. The van der Waals surface area contributed by atoms with Crippen LogP contribution in [-0.4, -0.2) is 44.8 Å². The Balaban J connectivity index is 1.62. The lowest BCUT2D eigenvalue weighted by molar-refractivity contribution is 0.252. The molecule has 0 bridgehead atoms. The van der Waals surface area contributed by atoms with E-state index in [0.29, 0.717) is 0 Å². The van der Waals surface area contributed by atoms with E-state index in [0.717, 1.165) is 42.5 Å². The number of fused-ring (bicyclic) bond motifs is 2. The van der Waals surface area contributed by atoms with Gasteiger partial charge in [-0.1, -0.05) is 32.9 Å². The van der Waals surface area contributed by atoms with E-state index in [9.17, 15) is 0 Å². The molecule has 1 aliphatic rings. The van der Waals surface area contributed by atoms with Crippen molar-refractivity contribution in [2.45, 2.75) is 63.5 Å². The first kappa shape index (κ1) is 21.7. The van der Waals surface area contributed by atoms with Gasteiger partial charge in [-0.3, -0.25) is 0 Å². The van der Waals surface area contributed by atoms with Gasteiger partial charge in [0.2, 0.25) is 0 Å². The average molecular weight is 443 g/mol. The normalized spacial score (nSPS) is 20.4. The number of aromatic nitrogens is 4. The summed E-state index contributed by atoms with van der Waals surface area (Å²) >= 11 is 2.02. The van der Waals surface area contributed by atoms with Crippen LogP contribution in [-0.2, 0) is 24.4 Å². The van der Waals surface area contributed by atoms with Gasteiger partial charge in [0.05, 0.1) is 0 Å². The van der Waals surface area contributed by atoms with E-state index in [2.05, 4.69) is 97.6 Å². The molecule has 1 atom stereocenters. The quantitative estimate of drug-likeness (QED) is 0.500. The van der Waals surface area contributed by atoms with E-state index < -0.39 is 8.32 Å². The molecule has 3 heterocycles. The van der Waals surface area contributed by atoms with Crippen molar-refractivity contribution in [1.82, 2.24) is 19.3 Å². The van der Waals surface area contributed by atoms with Crippen molar-refractivity contribution in [2.75, 3.05) is 12.4 Å². The van der Waals surface area contributed by atoms with E-state index in [1.54, 1.807) is 0 Å². The highest BCUT2D eigenvalue weighted by Gasteiger charge is 2.40. The smallest absolute Gasteiger partial charge is 0.192 e. The van der Waals surface area contributed by atoms with E-state index >= 15 is 0 Å². The Morgan fingerprint density at radius 2 is 1.97 bits per heavy atom. The van der Waals surface area contributed by atoms with E-state index in [1.165, 1.54) is 10.9 Å². The molecule has 0 fully saturated rings. The van der Waals surface area contributed by atoms with Crippen molar-refractivity contribution in [1.29, 1.82) is 0 Å². The van der Waals surface area contributed by atoms with Gasteiger partial charge in [0, 0.05) is 59.8 Å². The number of benzene rings is 1. The van der Waals surface area contributed by atoms with Gasteiger partial charge >= 0.3 is 0 Å². The van der Waals surface area contributed by atoms with Crippen molar-refractivity contribution in [3.05, 3.63) is 36.3 Å². The van der Waals surface area contributed by atoms with Crippen LogP contribution in [0.15, 0.2) is 30.5 Å². The van der Waals surface area contributed by atoms with Crippen molar-refractivity contribution in [3.8, 4) is 11.4 Å². The summed E-state index contributed by atoms with van der Waals surface area (Å²) in [6.07, 6.45) is 2.99. The molecule has 3 aromatic rings. The molecule has 30 heavy (non-hydrogen) atoms. The van der Waals surface area contributed by atoms with Gasteiger partial charge in [-0.15, -0.1) is 10.2 Å². The van der Waals surface area contributed by atoms with E-state index in [-0.39, 0.29) is 9.79 Å². The summed E-state index contributed by atoms with van der Waals surface area (Å²) in [6, 6.07) is 8.61. The maximum Gasteiger partial charge on any atom is 0.192 e. The van der Waals surface area contributed by atoms with Crippen LogP contribution in [0.5, 0.6) is 0 Å². The van der Waals surface area contributed by atoms with Crippen LogP contribution in [0.4, 0.5) is 0 Å². The summed E-state index contributed by atoms with van der Waals surface area (Å²) in [5, 5.41) is 10.7. The van der Waals surface area contributed by atoms with Gasteiger partial charge in [0.15, 0.2) is 14.1 Å². The molecule has 0 N–H and O–H groups in total. The first-order chi connectivity index (χ1) is 14.0. The molecule has 7 heteroatoms. The second kappa shape index (κ2) is 7.53. The van der Waals surface area contributed by atoms with Gasteiger partial charge in [-0.05, 0) is 37.2 Å². The molecule has 0 spiro atoms. The first-order valence-electron chi connectivity index (χ1n) is 10.8. The van der Waals surface area contributed by atoms with Gasteiger partial charge in [-0.25, -0.2) is 0 Å². The molecule has 5 nitrogen and oxygen atoms in total. The highest BCUT2D eigenvalue weighted by atomic mass is 32.2. The van der Waals surface area contributed by atoms with Crippen molar-refractivity contribution >= 4 is 31.0 Å². The third kappa shape index (κ3) is 3.87. The summed E-state index contributed by atoms with van der Waals surface area (Å²) in [5.41, 5.74) is 2.39. The molecule has 0 saturated heterocycles. The second-order valence-corrected chi connectivity index (χ2v) is 16.8. The minimum Gasteiger partial charge on any atom is -0.415 e. The fourth-order valence-electron chi connectivity index (χ4n) is 3.81. The van der Waals surface area contributed by atoms with E-state index in [1.807, 2.05) is 11.8 Å². The molecule has 0 saturated carbocycles. The van der Waals surface area contributed by atoms with Crippen LogP contribution < -0.4 is 0 Å². The zero-order chi connectivity index (χ0) is 21.7. The average Bonchev–Trinajstić information content (AvgIpc) is 3.19. The minimum absolute atomic E-state index is 0.0207. The SMILES string of the molecule is Cn1ccc2c(-c3nnc4n3CCSC(C)(CO[Si](C)(C)C(C)(C)C)C4)cccc21.